The van der Waals surface area contributed by atoms with Crippen molar-refractivity contribution in [2.75, 3.05) is 31.9 Å². The van der Waals surface area contributed by atoms with Gasteiger partial charge in [-0.1, -0.05) is 30.4 Å². The van der Waals surface area contributed by atoms with Crippen LogP contribution in [0.15, 0.2) is 52.4 Å². The largest absolute Gasteiger partial charge is 0.357 e. The van der Waals surface area contributed by atoms with Gasteiger partial charge in [0.05, 0.1) is 29.2 Å². The number of likely N-dealkylation sites (tertiary alicyclic amines) is 1. The summed E-state index contributed by atoms with van der Waals surface area (Å²) in [5, 5.41) is 6.33. The lowest BCUT2D eigenvalue weighted by Gasteiger charge is -2.18. The molecule has 2 bridgehead atoms. The number of hydrogen-bond acceptors (Lipinski definition) is 4. The molecule has 2 N–H and O–H groups in total. The number of carbonyl (C=O) groups excluding carboxylic acids is 2. The van der Waals surface area contributed by atoms with Gasteiger partial charge >= 0.3 is 0 Å². The SMILES string of the molecule is CCNC(=NCCS(=O)c1ccccc1)NCCN1C(=O)C2C3C=CC(C3)C2C1=O. The number of nitrogens with one attached hydrogen (secondary N) is 2. The topological polar surface area (TPSA) is 90.9 Å². The number of guanidine groups is 1. The monoisotopic (exact) mass is 428 g/mol. The molecule has 7 nitrogen and oxygen atoms in total. The fourth-order valence-electron chi connectivity index (χ4n) is 4.74. The molecular formula is C22H28N4O3S. The summed E-state index contributed by atoms with van der Waals surface area (Å²) in [7, 11) is -1.09. The number of imide groups is 1. The van der Waals surface area contributed by atoms with Crippen molar-refractivity contribution >= 4 is 28.6 Å². The smallest absolute Gasteiger partial charge is 0.233 e. The van der Waals surface area contributed by atoms with Crippen molar-refractivity contribution in [3.05, 3.63) is 42.5 Å². The average Bonchev–Trinajstić information content (AvgIpc) is 3.44. The minimum Gasteiger partial charge on any atom is -0.357 e. The lowest BCUT2D eigenvalue weighted by molar-refractivity contribution is -0.140. The van der Waals surface area contributed by atoms with Crippen LogP contribution < -0.4 is 10.6 Å². The van der Waals surface area contributed by atoms with Gasteiger partial charge in [-0.3, -0.25) is 23.7 Å². The molecule has 1 heterocycles. The highest BCUT2D eigenvalue weighted by atomic mass is 32.2. The van der Waals surface area contributed by atoms with Crippen molar-refractivity contribution in [3.63, 3.8) is 0 Å². The quantitative estimate of drug-likeness (QED) is 0.281. The molecule has 1 aromatic rings. The molecule has 5 unspecified atom stereocenters. The predicted octanol–water partition coefficient (Wildman–Crippen LogP) is 1.16. The first-order valence-corrected chi connectivity index (χ1v) is 11.9. The van der Waals surface area contributed by atoms with Gasteiger partial charge in [0.2, 0.25) is 11.8 Å². The maximum absolute atomic E-state index is 12.7. The van der Waals surface area contributed by atoms with E-state index < -0.39 is 10.8 Å². The number of carbonyl (C=O) groups is 2. The van der Waals surface area contributed by atoms with Crippen LogP contribution in [-0.4, -0.2) is 58.8 Å². The van der Waals surface area contributed by atoms with Gasteiger partial charge < -0.3 is 10.6 Å². The average molecular weight is 429 g/mol. The molecule has 2 aliphatic carbocycles. The fraction of sp³-hybridized carbons (Fsp3) is 0.500. The number of allylic oxidation sites excluding steroid dienone is 2. The van der Waals surface area contributed by atoms with E-state index in [9.17, 15) is 13.8 Å². The first kappa shape index (κ1) is 20.8. The van der Waals surface area contributed by atoms with Crippen molar-refractivity contribution in [3.8, 4) is 0 Å². The van der Waals surface area contributed by atoms with Gasteiger partial charge in [-0.05, 0) is 37.3 Å². The third-order valence-electron chi connectivity index (χ3n) is 6.09. The third kappa shape index (κ3) is 4.05. The zero-order valence-electron chi connectivity index (χ0n) is 17.1. The summed E-state index contributed by atoms with van der Waals surface area (Å²) in [5.74, 6) is 1.15. The Hall–Kier alpha value is -2.48. The highest BCUT2D eigenvalue weighted by Crippen LogP contribution is 2.52. The summed E-state index contributed by atoms with van der Waals surface area (Å²) in [4.78, 5) is 32.2. The zero-order valence-corrected chi connectivity index (χ0v) is 17.9. The molecule has 1 saturated heterocycles. The summed E-state index contributed by atoms with van der Waals surface area (Å²) < 4.78 is 12.3. The Kier molecular flexibility index (Phi) is 6.32. The number of fused-ring (bicyclic) bond motifs is 5. The molecule has 0 radical (unpaired) electrons. The number of aliphatic imine (C=N–C) groups is 1. The Morgan fingerprint density at radius 1 is 1.10 bits per heavy atom. The lowest BCUT2D eigenvalue weighted by atomic mass is 9.85. The molecule has 8 heteroatoms. The molecule has 5 atom stereocenters. The van der Waals surface area contributed by atoms with Crippen LogP contribution in [0.5, 0.6) is 0 Å². The molecule has 1 saturated carbocycles. The van der Waals surface area contributed by atoms with Crippen LogP contribution in [0.3, 0.4) is 0 Å². The summed E-state index contributed by atoms with van der Waals surface area (Å²) in [6.45, 7) is 3.85. The predicted molar refractivity (Wildman–Crippen MR) is 116 cm³/mol. The molecule has 4 rings (SSSR count). The first-order valence-electron chi connectivity index (χ1n) is 10.6. The molecule has 2 fully saturated rings. The number of rotatable bonds is 8. The number of nitrogens with zero attached hydrogens (tertiary/aromatic N) is 2. The van der Waals surface area contributed by atoms with E-state index in [2.05, 4.69) is 27.8 Å². The molecule has 3 aliphatic rings. The highest BCUT2D eigenvalue weighted by Gasteiger charge is 2.58. The first-order chi connectivity index (χ1) is 14.6. The Morgan fingerprint density at radius 2 is 1.77 bits per heavy atom. The molecule has 1 aliphatic heterocycles. The second kappa shape index (κ2) is 9.12. The minimum absolute atomic E-state index is 0.0242. The van der Waals surface area contributed by atoms with Crippen LogP contribution in [0.2, 0.25) is 0 Å². The van der Waals surface area contributed by atoms with E-state index in [4.69, 9.17) is 0 Å². The maximum Gasteiger partial charge on any atom is 0.233 e. The fourth-order valence-corrected chi connectivity index (χ4v) is 5.70. The molecule has 1 aromatic carbocycles. The van der Waals surface area contributed by atoms with E-state index in [1.807, 2.05) is 37.3 Å². The van der Waals surface area contributed by atoms with Crippen molar-refractivity contribution < 1.29 is 13.8 Å². The van der Waals surface area contributed by atoms with E-state index in [1.54, 1.807) is 0 Å². The summed E-state index contributed by atoms with van der Waals surface area (Å²) in [6.07, 6.45) is 5.16. The minimum atomic E-state index is -1.09. The van der Waals surface area contributed by atoms with Crippen LogP contribution >= 0.6 is 0 Å². The van der Waals surface area contributed by atoms with Crippen molar-refractivity contribution in [1.29, 1.82) is 0 Å². The molecule has 30 heavy (non-hydrogen) atoms. The van der Waals surface area contributed by atoms with Gasteiger partial charge in [0.25, 0.3) is 0 Å². The molecule has 0 spiro atoms. The second-order valence-corrected chi connectivity index (χ2v) is 9.45. The van der Waals surface area contributed by atoms with E-state index in [0.29, 0.717) is 37.9 Å². The lowest BCUT2D eigenvalue weighted by Crippen LogP contribution is -2.43. The van der Waals surface area contributed by atoms with Crippen LogP contribution in [0.1, 0.15) is 13.3 Å². The summed E-state index contributed by atoms with van der Waals surface area (Å²) in [6, 6.07) is 9.35. The van der Waals surface area contributed by atoms with Gasteiger partial charge in [0.1, 0.15) is 0 Å². The summed E-state index contributed by atoms with van der Waals surface area (Å²) in [5.41, 5.74) is 0. The van der Waals surface area contributed by atoms with Crippen LogP contribution in [0.25, 0.3) is 0 Å². The van der Waals surface area contributed by atoms with Crippen molar-refractivity contribution in [1.82, 2.24) is 15.5 Å². The Morgan fingerprint density at radius 3 is 2.40 bits per heavy atom. The van der Waals surface area contributed by atoms with Gasteiger partial charge in [-0.25, -0.2) is 0 Å². The van der Waals surface area contributed by atoms with Gasteiger partial charge in [-0.2, -0.15) is 0 Å². The Balaban J connectivity index is 1.27. The summed E-state index contributed by atoms with van der Waals surface area (Å²) >= 11 is 0. The van der Waals surface area contributed by atoms with Crippen molar-refractivity contribution in [2.45, 2.75) is 18.2 Å². The van der Waals surface area contributed by atoms with Crippen LogP contribution in [0.4, 0.5) is 0 Å². The number of amides is 2. The van der Waals surface area contributed by atoms with Crippen LogP contribution in [-0.2, 0) is 20.4 Å². The van der Waals surface area contributed by atoms with E-state index >= 15 is 0 Å². The highest BCUT2D eigenvalue weighted by molar-refractivity contribution is 7.85. The Labute approximate surface area is 179 Å². The Bertz CT molecular complexity index is 856. The maximum atomic E-state index is 12.7. The molecular weight excluding hydrogens is 400 g/mol. The van der Waals surface area contributed by atoms with Crippen LogP contribution in [0, 0.1) is 23.7 Å². The normalized spacial score (nSPS) is 28.2. The standard InChI is InChI=1S/C22H28N4O3S/c1-2-23-22(25-11-13-30(29)17-6-4-3-5-7-17)24-10-12-26-20(27)18-15-8-9-16(14-15)19(18)21(26)28/h3-9,15-16,18-19H,2,10-14H2,1H3,(H2,23,24,25). The number of hydrogen-bond donors (Lipinski definition) is 2. The number of benzene rings is 1. The molecule has 2 amide bonds. The van der Waals surface area contributed by atoms with Gasteiger partial charge in [-0.15, -0.1) is 0 Å². The van der Waals surface area contributed by atoms with Crippen molar-refractivity contribution in [2.24, 2.45) is 28.7 Å². The van der Waals surface area contributed by atoms with E-state index in [-0.39, 0.29) is 35.5 Å². The third-order valence-corrected chi connectivity index (χ3v) is 7.44. The molecule has 0 aromatic heterocycles. The van der Waals surface area contributed by atoms with Gasteiger partial charge in [0, 0.05) is 30.3 Å². The molecule has 160 valence electrons. The second-order valence-electron chi connectivity index (χ2n) is 7.88. The van der Waals surface area contributed by atoms with E-state index in [0.717, 1.165) is 11.3 Å². The zero-order chi connectivity index (χ0) is 21.1. The van der Waals surface area contributed by atoms with E-state index in [1.165, 1.54) is 4.90 Å². The van der Waals surface area contributed by atoms with Gasteiger partial charge in [0.15, 0.2) is 5.96 Å².